The summed E-state index contributed by atoms with van der Waals surface area (Å²) in [5.41, 5.74) is 1.30. The molecule has 1 saturated heterocycles. The second kappa shape index (κ2) is 5.99. The van der Waals surface area contributed by atoms with Crippen LogP contribution in [0.15, 0.2) is 36.4 Å². The minimum atomic E-state index is 0.808. The first kappa shape index (κ1) is 13.7. The van der Waals surface area contributed by atoms with Gasteiger partial charge in [-0.25, -0.2) is 9.97 Å². The predicted molar refractivity (Wildman–Crippen MR) is 87.2 cm³/mol. The van der Waals surface area contributed by atoms with E-state index in [1.54, 1.807) is 0 Å². The van der Waals surface area contributed by atoms with Crippen molar-refractivity contribution in [1.82, 2.24) is 9.97 Å². The summed E-state index contributed by atoms with van der Waals surface area (Å²) in [6.45, 7) is 5.93. The highest BCUT2D eigenvalue weighted by molar-refractivity contribution is 5.52. The van der Waals surface area contributed by atoms with Crippen LogP contribution in [0.25, 0.3) is 0 Å². The van der Waals surface area contributed by atoms with Crippen LogP contribution in [0.1, 0.15) is 5.82 Å². The van der Waals surface area contributed by atoms with Crippen LogP contribution in [0, 0.1) is 6.92 Å². The molecule has 1 aliphatic heterocycles. The summed E-state index contributed by atoms with van der Waals surface area (Å²) >= 11 is 0. The second-order valence-electron chi connectivity index (χ2n) is 5.22. The van der Waals surface area contributed by atoms with Crippen LogP contribution in [0.2, 0.25) is 0 Å². The molecule has 0 saturated carbocycles. The standard InChI is InChI=1S/C16H21N5/c1-13-18-15(17-2)12-16(19-13)21-10-8-20(9-11-21)14-6-4-3-5-7-14/h3-7,12H,8-11H2,1-2H3,(H,17,18,19). The Hall–Kier alpha value is -2.30. The summed E-state index contributed by atoms with van der Waals surface area (Å²) in [7, 11) is 1.89. The number of benzene rings is 1. The zero-order valence-electron chi connectivity index (χ0n) is 12.6. The normalized spacial score (nSPS) is 15.1. The smallest absolute Gasteiger partial charge is 0.134 e. The highest BCUT2D eigenvalue weighted by Gasteiger charge is 2.18. The molecule has 0 unspecified atom stereocenters. The maximum Gasteiger partial charge on any atom is 0.134 e. The fourth-order valence-corrected chi connectivity index (χ4v) is 2.67. The molecule has 5 nitrogen and oxygen atoms in total. The van der Waals surface area contributed by atoms with Gasteiger partial charge in [0.05, 0.1) is 0 Å². The van der Waals surface area contributed by atoms with E-state index in [1.165, 1.54) is 5.69 Å². The zero-order valence-corrected chi connectivity index (χ0v) is 12.6. The van der Waals surface area contributed by atoms with Gasteiger partial charge in [0.1, 0.15) is 17.5 Å². The van der Waals surface area contributed by atoms with Gasteiger partial charge in [0.2, 0.25) is 0 Å². The summed E-state index contributed by atoms with van der Waals surface area (Å²) in [5.74, 6) is 2.70. The Kier molecular flexibility index (Phi) is 3.90. The lowest BCUT2D eigenvalue weighted by Crippen LogP contribution is -2.46. The molecule has 1 N–H and O–H groups in total. The molecular formula is C16H21N5. The Morgan fingerprint density at radius 2 is 1.62 bits per heavy atom. The number of rotatable bonds is 3. The van der Waals surface area contributed by atoms with E-state index >= 15 is 0 Å². The van der Waals surface area contributed by atoms with E-state index in [0.717, 1.165) is 43.6 Å². The molecule has 5 heteroatoms. The molecule has 0 aliphatic carbocycles. The molecule has 21 heavy (non-hydrogen) atoms. The first-order valence-electron chi connectivity index (χ1n) is 7.34. The number of anilines is 3. The number of aryl methyl sites for hydroxylation is 1. The molecule has 2 aromatic rings. The van der Waals surface area contributed by atoms with Crippen LogP contribution in [-0.2, 0) is 0 Å². The Bertz CT molecular complexity index is 591. The third-order valence-electron chi connectivity index (χ3n) is 3.81. The summed E-state index contributed by atoms with van der Waals surface area (Å²) in [6, 6.07) is 12.6. The Morgan fingerprint density at radius 1 is 0.952 bits per heavy atom. The number of nitrogens with zero attached hydrogens (tertiary/aromatic N) is 4. The molecule has 0 radical (unpaired) electrons. The van der Waals surface area contributed by atoms with Gasteiger partial charge >= 0.3 is 0 Å². The van der Waals surface area contributed by atoms with Crippen molar-refractivity contribution < 1.29 is 0 Å². The van der Waals surface area contributed by atoms with Gasteiger partial charge in [-0.05, 0) is 19.1 Å². The van der Waals surface area contributed by atoms with Gasteiger partial charge in [0.15, 0.2) is 0 Å². The molecule has 0 bridgehead atoms. The van der Waals surface area contributed by atoms with E-state index in [4.69, 9.17) is 0 Å². The third kappa shape index (κ3) is 3.07. The van der Waals surface area contributed by atoms with Gasteiger partial charge in [-0.1, -0.05) is 18.2 Å². The number of piperazine rings is 1. The molecule has 0 spiro atoms. The number of nitrogens with one attached hydrogen (secondary N) is 1. The molecule has 3 rings (SSSR count). The van der Waals surface area contributed by atoms with Gasteiger partial charge in [-0.15, -0.1) is 0 Å². The highest BCUT2D eigenvalue weighted by atomic mass is 15.3. The van der Waals surface area contributed by atoms with Crippen molar-refractivity contribution in [3.63, 3.8) is 0 Å². The van der Waals surface area contributed by atoms with E-state index in [2.05, 4.69) is 55.4 Å². The second-order valence-corrected chi connectivity index (χ2v) is 5.22. The lowest BCUT2D eigenvalue weighted by atomic mass is 10.2. The topological polar surface area (TPSA) is 44.3 Å². The molecule has 1 aromatic carbocycles. The maximum absolute atomic E-state index is 4.56. The van der Waals surface area contributed by atoms with Gasteiger partial charge in [-0.2, -0.15) is 0 Å². The van der Waals surface area contributed by atoms with Gasteiger partial charge < -0.3 is 15.1 Å². The van der Waals surface area contributed by atoms with Gasteiger partial charge in [0, 0.05) is 45.0 Å². The molecule has 0 amide bonds. The summed E-state index contributed by atoms with van der Waals surface area (Å²) in [5, 5.41) is 3.09. The number of para-hydroxylation sites is 1. The Balaban J connectivity index is 1.70. The summed E-state index contributed by atoms with van der Waals surface area (Å²) in [6.07, 6.45) is 0. The quantitative estimate of drug-likeness (QED) is 0.935. The highest BCUT2D eigenvalue weighted by Crippen LogP contribution is 2.20. The largest absolute Gasteiger partial charge is 0.373 e. The van der Waals surface area contributed by atoms with Crippen molar-refractivity contribution in [2.24, 2.45) is 0 Å². The molecule has 1 aromatic heterocycles. The number of hydrogen-bond donors (Lipinski definition) is 1. The molecule has 1 fully saturated rings. The van der Waals surface area contributed by atoms with Crippen LogP contribution in [0.3, 0.4) is 0 Å². The number of aromatic nitrogens is 2. The van der Waals surface area contributed by atoms with Crippen LogP contribution in [-0.4, -0.2) is 43.2 Å². The lowest BCUT2D eigenvalue weighted by Gasteiger charge is -2.36. The average Bonchev–Trinajstić information content (AvgIpc) is 2.55. The Labute approximate surface area is 125 Å². The van der Waals surface area contributed by atoms with E-state index in [1.807, 2.05) is 20.0 Å². The fraction of sp³-hybridized carbons (Fsp3) is 0.375. The monoisotopic (exact) mass is 283 g/mol. The molecule has 1 aliphatic rings. The summed E-state index contributed by atoms with van der Waals surface area (Å²) in [4.78, 5) is 13.7. The molecule has 2 heterocycles. The Morgan fingerprint density at radius 3 is 2.29 bits per heavy atom. The van der Waals surface area contributed by atoms with Gasteiger partial charge in [0.25, 0.3) is 0 Å². The van der Waals surface area contributed by atoms with Crippen molar-refractivity contribution in [1.29, 1.82) is 0 Å². The molecule has 110 valence electrons. The van der Waals surface area contributed by atoms with Crippen LogP contribution >= 0.6 is 0 Å². The molecular weight excluding hydrogens is 262 g/mol. The molecule has 0 atom stereocenters. The SMILES string of the molecule is CNc1cc(N2CCN(c3ccccc3)CC2)nc(C)n1. The van der Waals surface area contributed by atoms with Crippen LogP contribution in [0.5, 0.6) is 0 Å². The van der Waals surface area contributed by atoms with Crippen molar-refractivity contribution >= 4 is 17.3 Å². The van der Waals surface area contributed by atoms with E-state index in [-0.39, 0.29) is 0 Å². The van der Waals surface area contributed by atoms with Crippen molar-refractivity contribution in [2.75, 3.05) is 48.3 Å². The van der Waals surface area contributed by atoms with E-state index in [0.29, 0.717) is 0 Å². The van der Waals surface area contributed by atoms with E-state index < -0.39 is 0 Å². The summed E-state index contributed by atoms with van der Waals surface area (Å²) < 4.78 is 0. The minimum Gasteiger partial charge on any atom is -0.373 e. The van der Waals surface area contributed by atoms with Crippen molar-refractivity contribution in [2.45, 2.75) is 6.92 Å². The van der Waals surface area contributed by atoms with Crippen molar-refractivity contribution in [3.05, 3.63) is 42.2 Å². The zero-order chi connectivity index (χ0) is 14.7. The van der Waals surface area contributed by atoms with Crippen LogP contribution < -0.4 is 15.1 Å². The van der Waals surface area contributed by atoms with E-state index in [9.17, 15) is 0 Å². The first-order valence-corrected chi connectivity index (χ1v) is 7.34. The predicted octanol–water partition coefficient (Wildman–Crippen LogP) is 2.15. The van der Waals surface area contributed by atoms with Gasteiger partial charge in [-0.3, -0.25) is 0 Å². The minimum absolute atomic E-state index is 0.808. The average molecular weight is 283 g/mol. The number of hydrogen-bond acceptors (Lipinski definition) is 5. The fourth-order valence-electron chi connectivity index (χ4n) is 2.67. The van der Waals surface area contributed by atoms with Crippen molar-refractivity contribution in [3.8, 4) is 0 Å². The third-order valence-corrected chi connectivity index (χ3v) is 3.81. The van der Waals surface area contributed by atoms with Crippen LogP contribution in [0.4, 0.5) is 17.3 Å². The maximum atomic E-state index is 4.56. The first-order chi connectivity index (χ1) is 10.3. The lowest BCUT2D eigenvalue weighted by molar-refractivity contribution is 0.646.